The summed E-state index contributed by atoms with van der Waals surface area (Å²) in [5, 5.41) is 19.7. The number of nitro benzene ring substituents is 1. The van der Waals surface area contributed by atoms with Gasteiger partial charge in [0.05, 0.1) is 29.4 Å². The van der Waals surface area contributed by atoms with Crippen LogP contribution in [0, 0.1) is 21.4 Å². The Labute approximate surface area is 109 Å². The standard InChI is InChI=1S/C12H12N4O3/c1-2-14-8-15(7-12(14)17)11-4-3-10(16(18)19)5-9(11)6-13/h3-5H,2,7-8H2,1H3. The highest BCUT2D eigenvalue weighted by atomic mass is 16.6. The van der Waals surface area contributed by atoms with Crippen molar-refractivity contribution in [1.82, 2.24) is 4.90 Å². The number of carbonyl (C=O) groups is 1. The third-order valence-electron chi connectivity index (χ3n) is 3.05. The van der Waals surface area contributed by atoms with E-state index in [0.717, 1.165) is 0 Å². The molecule has 1 amide bonds. The van der Waals surface area contributed by atoms with Gasteiger partial charge in [-0.15, -0.1) is 0 Å². The molecule has 0 spiro atoms. The van der Waals surface area contributed by atoms with Crippen LogP contribution in [-0.2, 0) is 4.79 Å². The molecule has 0 N–H and O–H groups in total. The molecular formula is C12H12N4O3. The quantitative estimate of drug-likeness (QED) is 0.599. The molecule has 7 nitrogen and oxygen atoms in total. The van der Waals surface area contributed by atoms with Gasteiger partial charge in [0.2, 0.25) is 5.91 Å². The zero-order chi connectivity index (χ0) is 14.0. The van der Waals surface area contributed by atoms with Gasteiger partial charge in [-0.2, -0.15) is 5.26 Å². The van der Waals surface area contributed by atoms with Gasteiger partial charge in [-0.3, -0.25) is 14.9 Å². The summed E-state index contributed by atoms with van der Waals surface area (Å²) in [5.74, 6) is -0.00950. The number of hydrogen-bond acceptors (Lipinski definition) is 5. The lowest BCUT2D eigenvalue weighted by Crippen LogP contribution is -2.27. The predicted molar refractivity (Wildman–Crippen MR) is 67.4 cm³/mol. The molecule has 0 atom stereocenters. The molecule has 1 saturated heterocycles. The Morgan fingerprint density at radius 2 is 2.26 bits per heavy atom. The zero-order valence-electron chi connectivity index (χ0n) is 10.4. The van der Waals surface area contributed by atoms with Crippen molar-refractivity contribution in [1.29, 1.82) is 5.26 Å². The van der Waals surface area contributed by atoms with Crippen molar-refractivity contribution in [3.8, 4) is 6.07 Å². The van der Waals surface area contributed by atoms with Gasteiger partial charge in [-0.05, 0) is 13.0 Å². The van der Waals surface area contributed by atoms with Gasteiger partial charge in [-0.25, -0.2) is 0 Å². The number of carbonyl (C=O) groups excluding carboxylic acids is 1. The van der Waals surface area contributed by atoms with Crippen LogP contribution in [0.1, 0.15) is 12.5 Å². The largest absolute Gasteiger partial charge is 0.343 e. The highest BCUT2D eigenvalue weighted by Crippen LogP contribution is 2.27. The number of nitro groups is 1. The van der Waals surface area contributed by atoms with E-state index in [1.807, 2.05) is 13.0 Å². The molecule has 0 aliphatic carbocycles. The van der Waals surface area contributed by atoms with E-state index in [1.165, 1.54) is 18.2 Å². The first kappa shape index (κ1) is 12.8. The van der Waals surface area contributed by atoms with Crippen molar-refractivity contribution in [2.75, 3.05) is 24.7 Å². The van der Waals surface area contributed by atoms with Crippen molar-refractivity contribution >= 4 is 17.3 Å². The Bertz CT molecular complexity index is 579. The summed E-state index contributed by atoms with van der Waals surface area (Å²) in [7, 11) is 0. The van der Waals surface area contributed by atoms with E-state index >= 15 is 0 Å². The van der Waals surface area contributed by atoms with E-state index in [1.54, 1.807) is 9.80 Å². The second-order valence-corrected chi connectivity index (χ2v) is 4.16. The van der Waals surface area contributed by atoms with E-state index in [4.69, 9.17) is 5.26 Å². The van der Waals surface area contributed by atoms with Crippen LogP contribution in [-0.4, -0.2) is 35.5 Å². The van der Waals surface area contributed by atoms with Crippen molar-refractivity contribution < 1.29 is 9.72 Å². The molecule has 7 heteroatoms. The summed E-state index contributed by atoms with van der Waals surface area (Å²) in [6, 6.07) is 6.03. The maximum Gasteiger partial charge on any atom is 0.270 e. The van der Waals surface area contributed by atoms with E-state index < -0.39 is 4.92 Å². The third kappa shape index (κ3) is 2.33. The van der Waals surface area contributed by atoms with Crippen molar-refractivity contribution in [3.05, 3.63) is 33.9 Å². The van der Waals surface area contributed by atoms with Crippen LogP contribution < -0.4 is 4.90 Å². The van der Waals surface area contributed by atoms with Gasteiger partial charge in [0.1, 0.15) is 6.07 Å². The predicted octanol–water partition coefficient (Wildman–Crippen LogP) is 1.09. The number of anilines is 1. The average molecular weight is 260 g/mol. The fraction of sp³-hybridized carbons (Fsp3) is 0.333. The van der Waals surface area contributed by atoms with Crippen LogP contribution in [0.3, 0.4) is 0 Å². The van der Waals surface area contributed by atoms with Crippen LogP contribution in [0.2, 0.25) is 0 Å². The molecule has 0 bridgehead atoms. The minimum atomic E-state index is -0.544. The smallest absolute Gasteiger partial charge is 0.270 e. The molecule has 19 heavy (non-hydrogen) atoms. The first-order chi connectivity index (χ1) is 9.06. The SMILES string of the molecule is CCN1CN(c2ccc([N+](=O)[O-])cc2C#N)CC1=O. The molecule has 0 saturated carbocycles. The Morgan fingerprint density at radius 1 is 1.53 bits per heavy atom. The van der Waals surface area contributed by atoms with Crippen molar-refractivity contribution in [2.24, 2.45) is 0 Å². The maximum absolute atomic E-state index is 11.7. The van der Waals surface area contributed by atoms with E-state index in [2.05, 4.69) is 0 Å². The van der Waals surface area contributed by atoms with Gasteiger partial charge < -0.3 is 9.80 Å². The number of hydrogen-bond donors (Lipinski definition) is 0. The van der Waals surface area contributed by atoms with Crippen LogP contribution in [0.15, 0.2) is 18.2 Å². The molecule has 1 aromatic rings. The van der Waals surface area contributed by atoms with Gasteiger partial charge in [0.15, 0.2) is 0 Å². The molecule has 2 rings (SSSR count). The minimum absolute atomic E-state index is 0.00950. The van der Waals surface area contributed by atoms with Gasteiger partial charge in [0, 0.05) is 18.7 Å². The summed E-state index contributed by atoms with van der Waals surface area (Å²) < 4.78 is 0. The van der Waals surface area contributed by atoms with Crippen LogP contribution >= 0.6 is 0 Å². The highest BCUT2D eigenvalue weighted by molar-refractivity contribution is 5.85. The number of benzene rings is 1. The van der Waals surface area contributed by atoms with Crippen molar-refractivity contribution in [3.63, 3.8) is 0 Å². The van der Waals surface area contributed by atoms with Crippen LogP contribution in [0.4, 0.5) is 11.4 Å². The second kappa shape index (κ2) is 4.94. The lowest BCUT2D eigenvalue weighted by molar-refractivity contribution is -0.384. The monoisotopic (exact) mass is 260 g/mol. The van der Waals surface area contributed by atoms with E-state index in [9.17, 15) is 14.9 Å². The summed E-state index contributed by atoms with van der Waals surface area (Å²) in [5.41, 5.74) is 0.635. The Kier molecular flexibility index (Phi) is 3.33. The number of rotatable bonds is 3. The lowest BCUT2D eigenvalue weighted by Gasteiger charge is -2.19. The molecule has 1 heterocycles. The molecule has 1 fully saturated rings. The van der Waals surface area contributed by atoms with E-state index in [0.29, 0.717) is 18.9 Å². The van der Waals surface area contributed by atoms with Crippen LogP contribution in [0.5, 0.6) is 0 Å². The van der Waals surface area contributed by atoms with Crippen molar-refractivity contribution in [2.45, 2.75) is 6.92 Å². The maximum atomic E-state index is 11.7. The van der Waals surface area contributed by atoms with Gasteiger partial charge >= 0.3 is 0 Å². The normalized spacial score (nSPS) is 14.6. The number of amides is 1. The fourth-order valence-electron chi connectivity index (χ4n) is 2.04. The summed E-state index contributed by atoms with van der Waals surface area (Å²) in [6.07, 6.45) is 0. The summed E-state index contributed by atoms with van der Waals surface area (Å²) in [6.45, 7) is 3.08. The first-order valence-corrected chi connectivity index (χ1v) is 5.78. The van der Waals surface area contributed by atoms with Gasteiger partial charge in [-0.1, -0.05) is 0 Å². The zero-order valence-corrected chi connectivity index (χ0v) is 10.4. The topological polar surface area (TPSA) is 90.5 Å². The molecular weight excluding hydrogens is 248 g/mol. The number of nitrogens with zero attached hydrogens (tertiary/aromatic N) is 4. The first-order valence-electron chi connectivity index (χ1n) is 5.78. The average Bonchev–Trinajstić information content (AvgIpc) is 2.78. The summed E-state index contributed by atoms with van der Waals surface area (Å²) in [4.78, 5) is 25.2. The molecule has 0 aromatic heterocycles. The molecule has 0 unspecified atom stereocenters. The fourth-order valence-corrected chi connectivity index (χ4v) is 2.04. The Morgan fingerprint density at radius 3 is 2.79 bits per heavy atom. The molecule has 1 aliphatic rings. The Balaban J connectivity index is 2.34. The third-order valence-corrected chi connectivity index (χ3v) is 3.05. The number of non-ortho nitro benzene ring substituents is 1. The Hall–Kier alpha value is -2.62. The minimum Gasteiger partial charge on any atom is -0.343 e. The summed E-state index contributed by atoms with van der Waals surface area (Å²) >= 11 is 0. The molecule has 0 radical (unpaired) electrons. The molecule has 1 aromatic carbocycles. The second-order valence-electron chi connectivity index (χ2n) is 4.16. The number of nitriles is 1. The van der Waals surface area contributed by atoms with Gasteiger partial charge in [0.25, 0.3) is 5.69 Å². The van der Waals surface area contributed by atoms with Crippen LogP contribution in [0.25, 0.3) is 0 Å². The lowest BCUT2D eigenvalue weighted by atomic mass is 10.1. The van der Waals surface area contributed by atoms with E-state index in [-0.39, 0.29) is 23.7 Å². The molecule has 1 aliphatic heterocycles. The molecule has 98 valence electrons. The number of likely N-dealkylation sites (N-methyl/N-ethyl adjacent to an activating group) is 1. The highest BCUT2D eigenvalue weighted by Gasteiger charge is 2.28.